The van der Waals surface area contributed by atoms with Gasteiger partial charge in [-0.3, -0.25) is 4.79 Å². The van der Waals surface area contributed by atoms with Crippen molar-refractivity contribution < 1.29 is 23.5 Å². The predicted octanol–water partition coefficient (Wildman–Crippen LogP) is 2.86. The molecule has 1 amide bonds. The fourth-order valence-corrected chi connectivity index (χ4v) is 2.85. The largest absolute Gasteiger partial charge is 0.486 e. The zero-order valence-electron chi connectivity index (χ0n) is 15.0. The summed E-state index contributed by atoms with van der Waals surface area (Å²) in [5.74, 6) is 0.137. The molecule has 28 heavy (non-hydrogen) atoms. The van der Waals surface area contributed by atoms with Crippen LogP contribution >= 0.6 is 15.9 Å². The van der Waals surface area contributed by atoms with Gasteiger partial charge in [0.05, 0.1) is 13.4 Å². The maximum absolute atomic E-state index is 12.5. The number of esters is 1. The van der Waals surface area contributed by atoms with E-state index in [0.29, 0.717) is 17.2 Å². The number of carbonyl (C=O) groups is 2. The molecule has 146 valence electrons. The molecule has 0 unspecified atom stereocenters. The molecule has 3 aromatic rings. The van der Waals surface area contributed by atoms with Crippen molar-refractivity contribution >= 4 is 27.8 Å². The molecule has 0 bridgehead atoms. The average molecular weight is 448 g/mol. The van der Waals surface area contributed by atoms with Crippen molar-refractivity contribution in [1.82, 2.24) is 15.3 Å². The van der Waals surface area contributed by atoms with E-state index in [2.05, 4.69) is 31.2 Å². The smallest absolute Gasteiger partial charge is 0.328 e. The fraction of sp³-hybridized carbons (Fsp3) is 0.211. The maximum Gasteiger partial charge on any atom is 0.328 e. The number of aromatic amines is 1. The molecule has 3 rings (SSSR count). The number of nitrogens with one attached hydrogen (secondary N) is 2. The molecule has 2 N–H and O–H groups in total. The van der Waals surface area contributed by atoms with Gasteiger partial charge in [-0.2, -0.15) is 0 Å². The van der Waals surface area contributed by atoms with E-state index in [1.54, 1.807) is 12.3 Å². The van der Waals surface area contributed by atoms with Crippen LogP contribution in [0.1, 0.15) is 22.0 Å². The van der Waals surface area contributed by atoms with Gasteiger partial charge in [0.25, 0.3) is 5.91 Å². The van der Waals surface area contributed by atoms with E-state index >= 15 is 0 Å². The Morgan fingerprint density at radius 3 is 2.89 bits per heavy atom. The van der Waals surface area contributed by atoms with Gasteiger partial charge in [-0.25, -0.2) is 9.78 Å². The lowest BCUT2D eigenvalue weighted by atomic mass is 10.1. The minimum atomic E-state index is -0.871. The van der Waals surface area contributed by atoms with Crippen LogP contribution in [0.2, 0.25) is 0 Å². The van der Waals surface area contributed by atoms with Crippen LogP contribution < -0.4 is 10.1 Å². The highest BCUT2D eigenvalue weighted by atomic mass is 79.9. The minimum absolute atomic E-state index is 0.0753. The number of methoxy groups -OCH3 is 1. The van der Waals surface area contributed by atoms with Crippen LogP contribution in [0, 0.1) is 0 Å². The van der Waals surface area contributed by atoms with Crippen molar-refractivity contribution in [2.24, 2.45) is 0 Å². The summed E-state index contributed by atoms with van der Waals surface area (Å²) in [5, 5.41) is 2.61. The highest BCUT2D eigenvalue weighted by Gasteiger charge is 2.24. The summed E-state index contributed by atoms with van der Waals surface area (Å²) >= 11 is 3.37. The van der Waals surface area contributed by atoms with Gasteiger partial charge in [0.1, 0.15) is 24.2 Å². The summed E-state index contributed by atoms with van der Waals surface area (Å²) in [7, 11) is 1.26. The Morgan fingerprint density at radius 2 is 2.18 bits per heavy atom. The van der Waals surface area contributed by atoms with Gasteiger partial charge in [-0.1, -0.05) is 22.0 Å². The molecule has 0 radical (unpaired) electrons. The molecule has 0 aliphatic rings. The zero-order valence-corrected chi connectivity index (χ0v) is 16.6. The number of imidazole rings is 1. The van der Waals surface area contributed by atoms with Crippen molar-refractivity contribution in [2.75, 3.05) is 7.11 Å². The topological polar surface area (TPSA) is 106 Å². The molecular formula is C19H18BrN3O5. The maximum atomic E-state index is 12.5. The van der Waals surface area contributed by atoms with Gasteiger partial charge < -0.3 is 24.2 Å². The number of nitrogens with zero attached hydrogens (tertiary/aromatic N) is 1. The quantitative estimate of drug-likeness (QED) is 0.514. The normalized spacial score (nSPS) is 11.6. The van der Waals surface area contributed by atoms with E-state index in [9.17, 15) is 9.59 Å². The number of aromatic nitrogens is 2. The Hall–Kier alpha value is -3.07. The molecule has 0 aliphatic heterocycles. The Balaban J connectivity index is 1.61. The first-order valence-electron chi connectivity index (χ1n) is 8.38. The SMILES string of the molecule is COC(=O)[C@H](Cc1cnc[nH]1)NC(=O)c1ccc(COc2cccc(Br)c2)o1. The molecule has 0 spiro atoms. The number of H-pyrrole nitrogens is 1. The fourth-order valence-electron chi connectivity index (χ4n) is 2.47. The highest BCUT2D eigenvalue weighted by molar-refractivity contribution is 9.10. The molecule has 0 saturated heterocycles. The summed E-state index contributed by atoms with van der Waals surface area (Å²) in [6, 6.07) is 9.69. The zero-order chi connectivity index (χ0) is 19.9. The molecule has 2 aromatic heterocycles. The molecule has 2 heterocycles. The first kappa shape index (κ1) is 19.7. The summed E-state index contributed by atoms with van der Waals surface area (Å²) in [5.41, 5.74) is 0.693. The number of halogens is 1. The molecular weight excluding hydrogens is 430 g/mol. The number of amides is 1. The van der Waals surface area contributed by atoms with Gasteiger partial charge >= 0.3 is 5.97 Å². The molecule has 8 nitrogen and oxygen atoms in total. The lowest BCUT2D eigenvalue weighted by Crippen LogP contribution is -2.43. The summed E-state index contributed by atoms with van der Waals surface area (Å²) in [6.07, 6.45) is 3.29. The van der Waals surface area contributed by atoms with Crippen molar-refractivity contribution in [2.45, 2.75) is 19.1 Å². The standard InChI is InChI=1S/C19H18BrN3O5/c1-26-19(25)16(8-13-9-21-11-22-13)23-18(24)17-6-5-15(28-17)10-27-14-4-2-3-12(20)7-14/h2-7,9,11,16H,8,10H2,1H3,(H,21,22)(H,23,24)/t16-/m0/s1. The molecule has 1 aromatic carbocycles. The number of hydrogen-bond donors (Lipinski definition) is 2. The van der Waals surface area contributed by atoms with Crippen molar-refractivity contribution in [3.05, 3.63) is 70.6 Å². The lowest BCUT2D eigenvalue weighted by molar-refractivity contribution is -0.142. The Kier molecular flexibility index (Phi) is 6.49. The summed E-state index contributed by atoms with van der Waals surface area (Å²) in [4.78, 5) is 31.2. The van der Waals surface area contributed by atoms with Gasteiger partial charge in [0.15, 0.2) is 5.76 Å². The molecule has 1 atom stereocenters. The van der Waals surface area contributed by atoms with Crippen molar-refractivity contribution in [1.29, 1.82) is 0 Å². The minimum Gasteiger partial charge on any atom is -0.486 e. The first-order chi connectivity index (χ1) is 13.5. The van der Waals surface area contributed by atoms with E-state index in [-0.39, 0.29) is 18.8 Å². The average Bonchev–Trinajstić information content (AvgIpc) is 3.37. The van der Waals surface area contributed by atoms with Crippen LogP contribution in [-0.2, 0) is 22.6 Å². The van der Waals surface area contributed by atoms with Crippen molar-refractivity contribution in [3.8, 4) is 5.75 Å². The monoisotopic (exact) mass is 447 g/mol. The Morgan fingerprint density at radius 1 is 1.32 bits per heavy atom. The molecule has 0 fully saturated rings. The third-order valence-electron chi connectivity index (χ3n) is 3.83. The van der Waals surface area contributed by atoms with E-state index in [1.165, 1.54) is 19.5 Å². The van der Waals surface area contributed by atoms with Gasteiger partial charge in [-0.05, 0) is 30.3 Å². The van der Waals surface area contributed by atoms with Gasteiger partial charge in [0, 0.05) is 22.8 Å². The van der Waals surface area contributed by atoms with E-state index < -0.39 is 17.9 Å². The number of furan rings is 1. The second kappa shape index (κ2) is 9.23. The molecule has 9 heteroatoms. The molecule has 0 saturated carbocycles. The third-order valence-corrected chi connectivity index (χ3v) is 4.33. The Bertz CT molecular complexity index is 939. The summed E-state index contributed by atoms with van der Waals surface area (Å²) in [6.45, 7) is 0.165. The van der Waals surface area contributed by atoms with Crippen LogP contribution in [0.3, 0.4) is 0 Å². The van der Waals surface area contributed by atoms with Crippen molar-refractivity contribution in [3.63, 3.8) is 0 Å². The van der Waals surface area contributed by atoms with Gasteiger partial charge in [0.2, 0.25) is 0 Å². The number of rotatable bonds is 8. The van der Waals surface area contributed by atoms with Gasteiger partial charge in [-0.15, -0.1) is 0 Å². The number of benzene rings is 1. The summed E-state index contributed by atoms with van der Waals surface area (Å²) < 4.78 is 16.8. The highest BCUT2D eigenvalue weighted by Crippen LogP contribution is 2.19. The number of ether oxygens (including phenoxy) is 2. The van der Waals surface area contributed by atoms with Crippen LogP contribution in [0.15, 0.2) is 57.8 Å². The Labute approximate surface area is 169 Å². The van der Waals surface area contributed by atoms with Crippen LogP contribution in [0.5, 0.6) is 5.75 Å². The second-order valence-corrected chi connectivity index (χ2v) is 6.76. The number of hydrogen-bond acceptors (Lipinski definition) is 6. The first-order valence-corrected chi connectivity index (χ1v) is 9.17. The molecule has 0 aliphatic carbocycles. The van der Waals surface area contributed by atoms with Crippen LogP contribution in [0.4, 0.5) is 0 Å². The predicted molar refractivity (Wildman–Crippen MR) is 103 cm³/mol. The van der Waals surface area contributed by atoms with Crippen LogP contribution in [0.25, 0.3) is 0 Å². The third kappa shape index (κ3) is 5.23. The second-order valence-electron chi connectivity index (χ2n) is 5.84. The van der Waals surface area contributed by atoms with E-state index in [4.69, 9.17) is 13.9 Å². The van der Waals surface area contributed by atoms with E-state index in [1.807, 2.05) is 24.3 Å². The van der Waals surface area contributed by atoms with E-state index in [0.717, 1.165) is 4.47 Å². The van der Waals surface area contributed by atoms with Crippen LogP contribution in [-0.4, -0.2) is 35.0 Å². The lowest BCUT2D eigenvalue weighted by Gasteiger charge is -2.14. The number of carbonyl (C=O) groups excluding carboxylic acids is 2.